The van der Waals surface area contributed by atoms with Crippen LogP contribution in [0.2, 0.25) is 0 Å². The van der Waals surface area contributed by atoms with Gasteiger partial charge < -0.3 is 0 Å². The van der Waals surface area contributed by atoms with Crippen molar-refractivity contribution in [2.75, 3.05) is 0 Å². The Bertz CT molecular complexity index is 184. The SMILES string of the molecule is [C-]#[N+]/C(C#N)=C(/C)CC. The molecule has 0 bridgehead atoms. The molecule has 2 nitrogen and oxygen atoms in total. The zero-order valence-electron chi connectivity index (χ0n) is 5.60. The largest absolute Gasteiger partial charge is 0.260 e. The zero-order valence-corrected chi connectivity index (χ0v) is 5.60. The van der Waals surface area contributed by atoms with E-state index in [9.17, 15) is 0 Å². The molecule has 0 radical (unpaired) electrons. The third kappa shape index (κ3) is 1.97. The molecule has 0 aromatic heterocycles. The summed E-state index contributed by atoms with van der Waals surface area (Å²) in [4.78, 5) is 3.05. The molecule has 2 heteroatoms. The van der Waals surface area contributed by atoms with Crippen LogP contribution in [-0.2, 0) is 0 Å². The molecule has 0 saturated carbocycles. The second kappa shape index (κ2) is 3.69. The minimum atomic E-state index is 0.234. The van der Waals surface area contributed by atoms with E-state index in [1.807, 2.05) is 13.0 Å². The molecule has 0 rings (SSSR count). The van der Waals surface area contributed by atoms with E-state index in [2.05, 4.69) is 4.85 Å². The summed E-state index contributed by atoms with van der Waals surface area (Å²) in [5.74, 6) is 0. The zero-order chi connectivity index (χ0) is 7.28. The Morgan fingerprint density at radius 3 is 2.44 bits per heavy atom. The first-order valence-electron chi connectivity index (χ1n) is 2.73. The summed E-state index contributed by atoms with van der Waals surface area (Å²) in [6, 6.07) is 1.83. The van der Waals surface area contributed by atoms with Crippen LogP contribution in [0.1, 0.15) is 20.3 Å². The van der Waals surface area contributed by atoms with Gasteiger partial charge in [0.15, 0.2) is 0 Å². The van der Waals surface area contributed by atoms with Crippen LogP contribution in [0.25, 0.3) is 4.85 Å². The van der Waals surface area contributed by atoms with Gasteiger partial charge in [0.1, 0.15) is 0 Å². The van der Waals surface area contributed by atoms with Crippen molar-refractivity contribution in [1.29, 1.82) is 5.26 Å². The lowest BCUT2D eigenvalue weighted by Gasteiger charge is -1.90. The average Bonchev–Trinajstić information content (AvgIpc) is 1.90. The number of allylic oxidation sites excluding steroid dienone is 2. The average molecular weight is 120 g/mol. The van der Waals surface area contributed by atoms with Crippen LogP contribution in [-0.4, -0.2) is 0 Å². The Morgan fingerprint density at radius 1 is 1.78 bits per heavy atom. The summed E-state index contributed by atoms with van der Waals surface area (Å²) in [6.45, 7) is 10.3. The summed E-state index contributed by atoms with van der Waals surface area (Å²) in [7, 11) is 0. The molecule has 0 unspecified atom stereocenters. The van der Waals surface area contributed by atoms with Crippen molar-refractivity contribution in [2.45, 2.75) is 20.3 Å². The van der Waals surface area contributed by atoms with Crippen molar-refractivity contribution in [2.24, 2.45) is 0 Å². The van der Waals surface area contributed by atoms with Gasteiger partial charge in [0.05, 0.1) is 12.6 Å². The lowest BCUT2D eigenvalue weighted by Crippen LogP contribution is -1.76. The van der Waals surface area contributed by atoms with E-state index < -0.39 is 0 Å². The van der Waals surface area contributed by atoms with E-state index in [4.69, 9.17) is 11.8 Å². The van der Waals surface area contributed by atoms with Crippen LogP contribution >= 0.6 is 0 Å². The molecule has 0 fully saturated rings. The van der Waals surface area contributed by atoms with Crippen LogP contribution < -0.4 is 0 Å². The Hall–Kier alpha value is -1.28. The van der Waals surface area contributed by atoms with E-state index in [0.29, 0.717) is 0 Å². The first-order chi connectivity index (χ1) is 4.26. The molecule has 0 aromatic rings. The van der Waals surface area contributed by atoms with Crippen molar-refractivity contribution in [3.8, 4) is 6.07 Å². The van der Waals surface area contributed by atoms with Gasteiger partial charge in [-0.3, -0.25) is 0 Å². The maximum Gasteiger partial charge on any atom is 0.260 e. The lowest BCUT2D eigenvalue weighted by molar-refractivity contribution is 1.08. The highest BCUT2D eigenvalue weighted by Gasteiger charge is 1.95. The summed E-state index contributed by atoms with van der Waals surface area (Å²) in [6.07, 6.45) is 0.783. The van der Waals surface area contributed by atoms with Crippen LogP contribution in [0, 0.1) is 17.9 Å². The first-order valence-corrected chi connectivity index (χ1v) is 2.73. The van der Waals surface area contributed by atoms with Gasteiger partial charge in [-0.1, -0.05) is 19.4 Å². The van der Waals surface area contributed by atoms with Gasteiger partial charge in [0.25, 0.3) is 5.70 Å². The molecule has 0 heterocycles. The fourth-order valence-corrected chi connectivity index (χ4v) is 0.383. The van der Waals surface area contributed by atoms with Gasteiger partial charge in [-0.25, -0.2) is 10.1 Å². The molecule has 0 amide bonds. The third-order valence-electron chi connectivity index (χ3n) is 1.15. The topological polar surface area (TPSA) is 28.1 Å². The second-order valence-corrected chi connectivity index (χ2v) is 1.71. The molecule has 0 aromatic carbocycles. The van der Waals surface area contributed by atoms with Crippen molar-refractivity contribution >= 4 is 0 Å². The van der Waals surface area contributed by atoms with Gasteiger partial charge in [-0.2, -0.15) is 0 Å². The van der Waals surface area contributed by atoms with Crippen molar-refractivity contribution in [3.05, 3.63) is 22.7 Å². The fourth-order valence-electron chi connectivity index (χ4n) is 0.383. The van der Waals surface area contributed by atoms with E-state index in [1.165, 1.54) is 0 Å². The molecule has 0 saturated heterocycles. The minimum absolute atomic E-state index is 0.234. The molecule has 0 aliphatic rings. The Kier molecular flexibility index (Phi) is 3.16. The maximum atomic E-state index is 8.31. The first kappa shape index (κ1) is 7.72. The normalized spacial score (nSPS) is 11.1. The van der Waals surface area contributed by atoms with Crippen LogP contribution in [0.5, 0.6) is 0 Å². The van der Waals surface area contributed by atoms with Gasteiger partial charge in [0.2, 0.25) is 0 Å². The van der Waals surface area contributed by atoms with Crippen molar-refractivity contribution in [1.82, 2.24) is 0 Å². The van der Waals surface area contributed by atoms with Gasteiger partial charge in [0, 0.05) is 0 Å². The molecule has 0 aliphatic heterocycles. The standard InChI is InChI=1S/C7H8N2/c1-4-6(2)7(5-8)9-3/h4H2,1-2H3/b7-6-. The fraction of sp³-hybridized carbons (Fsp3) is 0.429. The quantitative estimate of drug-likeness (QED) is 0.384. The number of hydrogen-bond acceptors (Lipinski definition) is 1. The molecule has 46 valence electrons. The number of nitrogens with zero attached hydrogens (tertiary/aromatic N) is 2. The monoisotopic (exact) mass is 120 g/mol. The number of nitriles is 1. The smallest absolute Gasteiger partial charge is 0.227 e. The van der Waals surface area contributed by atoms with Crippen LogP contribution in [0.15, 0.2) is 11.3 Å². The maximum absolute atomic E-state index is 8.31. The molecule has 0 aliphatic carbocycles. The highest BCUT2D eigenvalue weighted by Crippen LogP contribution is 2.06. The number of rotatable bonds is 1. The van der Waals surface area contributed by atoms with Gasteiger partial charge in [-0.15, -0.1) is 0 Å². The summed E-state index contributed by atoms with van der Waals surface area (Å²) in [5.41, 5.74) is 1.10. The minimum Gasteiger partial charge on any atom is -0.227 e. The predicted molar refractivity (Wildman–Crippen MR) is 35.2 cm³/mol. The highest BCUT2D eigenvalue weighted by atomic mass is 14.7. The van der Waals surface area contributed by atoms with Crippen LogP contribution in [0.4, 0.5) is 0 Å². The van der Waals surface area contributed by atoms with Gasteiger partial charge in [-0.05, 0) is 6.42 Å². The molecular formula is C7H8N2. The molecule has 0 N–H and O–H groups in total. The van der Waals surface area contributed by atoms with Gasteiger partial charge >= 0.3 is 0 Å². The summed E-state index contributed by atoms with van der Waals surface area (Å²) in [5, 5.41) is 8.31. The van der Waals surface area contributed by atoms with E-state index in [1.54, 1.807) is 6.92 Å². The predicted octanol–water partition coefficient (Wildman–Crippen LogP) is 2.11. The summed E-state index contributed by atoms with van der Waals surface area (Å²) >= 11 is 0. The van der Waals surface area contributed by atoms with E-state index in [0.717, 1.165) is 12.0 Å². The second-order valence-electron chi connectivity index (χ2n) is 1.71. The lowest BCUT2D eigenvalue weighted by atomic mass is 10.2. The van der Waals surface area contributed by atoms with Crippen molar-refractivity contribution in [3.63, 3.8) is 0 Å². The highest BCUT2D eigenvalue weighted by molar-refractivity contribution is 5.31. The van der Waals surface area contributed by atoms with E-state index >= 15 is 0 Å². The Labute approximate surface area is 55.2 Å². The molecular weight excluding hydrogens is 112 g/mol. The molecule has 0 spiro atoms. The van der Waals surface area contributed by atoms with Crippen LogP contribution in [0.3, 0.4) is 0 Å². The Balaban J connectivity index is 4.49. The van der Waals surface area contributed by atoms with Crippen molar-refractivity contribution < 1.29 is 0 Å². The molecule has 0 atom stereocenters. The molecule has 9 heavy (non-hydrogen) atoms. The van der Waals surface area contributed by atoms with E-state index in [-0.39, 0.29) is 5.70 Å². The third-order valence-corrected chi connectivity index (χ3v) is 1.15. The summed E-state index contributed by atoms with van der Waals surface area (Å²) < 4.78 is 0. The Morgan fingerprint density at radius 2 is 2.33 bits per heavy atom. The number of hydrogen-bond donors (Lipinski definition) is 0.